The van der Waals surface area contributed by atoms with Crippen molar-refractivity contribution in [3.8, 4) is 0 Å². The van der Waals surface area contributed by atoms with E-state index in [0.717, 1.165) is 0 Å². The van der Waals surface area contributed by atoms with Crippen molar-refractivity contribution in [2.45, 2.75) is 6.92 Å². The lowest BCUT2D eigenvalue weighted by Gasteiger charge is -2.15. The normalized spacial score (nSPS) is 12.3. The van der Waals surface area contributed by atoms with Crippen molar-refractivity contribution in [1.29, 1.82) is 0 Å². The second-order valence-corrected chi connectivity index (χ2v) is 4.82. The Morgan fingerprint density at radius 1 is 1.46 bits per heavy atom. The maximum absolute atomic E-state index is 11.4. The Labute approximate surface area is 79.9 Å². The van der Waals surface area contributed by atoms with Crippen LogP contribution in [0.3, 0.4) is 0 Å². The highest BCUT2D eigenvalue weighted by molar-refractivity contribution is 7.89. The molecule has 0 aromatic carbocycles. The topological polar surface area (TPSA) is 72.6 Å². The Morgan fingerprint density at radius 2 is 2.08 bits per heavy atom. The number of nitrogens with two attached hydrogens (primary N) is 1. The molecule has 6 heteroatoms. The Morgan fingerprint density at radius 3 is 2.54 bits per heavy atom. The summed E-state index contributed by atoms with van der Waals surface area (Å²) >= 11 is 0. The van der Waals surface area contributed by atoms with Gasteiger partial charge in [-0.1, -0.05) is 0 Å². The third-order valence-corrected chi connectivity index (χ3v) is 3.42. The number of nitrogens with zero attached hydrogens (tertiary/aromatic N) is 1. The third-order valence-electron chi connectivity index (χ3n) is 1.61. The first-order chi connectivity index (χ1) is 6.04. The standard InChI is InChI=1S/C7H18N2O3S/c1-3-12-6-7-13(10,11)9(2)5-4-8/h3-8H2,1-2H3. The Bertz CT molecular complexity index is 216. The number of ether oxygens (including phenoxy) is 1. The first-order valence-corrected chi connectivity index (χ1v) is 5.87. The monoisotopic (exact) mass is 210 g/mol. The van der Waals surface area contributed by atoms with Crippen LogP contribution in [0.2, 0.25) is 0 Å². The van der Waals surface area contributed by atoms with Crippen molar-refractivity contribution in [2.75, 3.05) is 39.1 Å². The van der Waals surface area contributed by atoms with Gasteiger partial charge in [0.1, 0.15) is 0 Å². The van der Waals surface area contributed by atoms with E-state index in [1.54, 1.807) is 0 Å². The zero-order valence-corrected chi connectivity index (χ0v) is 9.01. The van der Waals surface area contributed by atoms with Crippen molar-refractivity contribution in [3.63, 3.8) is 0 Å². The predicted molar refractivity (Wildman–Crippen MR) is 52.0 cm³/mol. The van der Waals surface area contributed by atoms with Crippen LogP contribution in [0.25, 0.3) is 0 Å². The molecule has 0 fully saturated rings. The van der Waals surface area contributed by atoms with E-state index in [2.05, 4.69) is 0 Å². The molecule has 5 nitrogen and oxygen atoms in total. The Kier molecular flexibility index (Phi) is 6.23. The van der Waals surface area contributed by atoms with E-state index in [9.17, 15) is 8.42 Å². The van der Waals surface area contributed by atoms with Gasteiger partial charge in [0, 0.05) is 26.7 Å². The predicted octanol–water partition coefficient (Wildman–Crippen LogP) is -0.757. The molecule has 0 spiro atoms. The van der Waals surface area contributed by atoms with E-state index < -0.39 is 10.0 Å². The molecule has 0 heterocycles. The summed E-state index contributed by atoms with van der Waals surface area (Å²) in [4.78, 5) is 0. The zero-order valence-electron chi connectivity index (χ0n) is 8.19. The molecule has 0 aliphatic carbocycles. The summed E-state index contributed by atoms with van der Waals surface area (Å²) < 4.78 is 29.0. The van der Waals surface area contributed by atoms with Crippen molar-refractivity contribution < 1.29 is 13.2 Å². The SMILES string of the molecule is CCOCCS(=O)(=O)N(C)CCN. The fourth-order valence-corrected chi connectivity index (χ4v) is 1.81. The summed E-state index contributed by atoms with van der Waals surface area (Å²) in [5.74, 6) is 0.0251. The summed E-state index contributed by atoms with van der Waals surface area (Å²) in [5.41, 5.74) is 5.24. The molecular formula is C7H18N2O3S. The van der Waals surface area contributed by atoms with Crippen LogP contribution in [0.5, 0.6) is 0 Å². The minimum absolute atomic E-state index is 0.0251. The van der Waals surface area contributed by atoms with Gasteiger partial charge in [-0.15, -0.1) is 0 Å². The fraction of sp³-hybridized carbons (Fsp3) is 1.00. The maximum atomic E-state index is 11.4. The fourth-order valence-electron chi connectivity index (χ4n) is 0.785. The average Bonchev–Trinajstić information content (AvgIpc) is 2.05. The molecule has 0 rings (SSSR count). The molecule has 0 amide bonds. The van der Waals surface area contributed by atoms with E-state index in [0.29, 0.717) is 19.7 Å². The van der Waals surface area contributed by atoms with E-state index >= 15 is 0 Å². The van der Waals surface area contributed by atoms with Gasteiger partial charge in [0.2, 0.25) is 10.0 Å². The molecule has 0 saturated carbocycles. The van der Waals surface area contributed by atoms with Gasteiger partial charge in [-0.25, -0.2) is 12.7 Å². The van der Waals surface area contributed by atoms with Crippen molar-refractivity contribution in [1.82, 2.24) is 4.31 Å². The smallest absolute Gasteiger partial charge is 0.216 e. The van der Waals surface area contributed by atoms with Gasteiger partial charge in [0.05, 0.1) is 12.4 Å². The molecule has 80 valence electrons. The average molecular weight is 210 g/mol. The molecule has 2 N–H and O–H groups in total. The summed E-state index contributed by atoms with van der Waals surface area (Å²) in [6, 6.07) is 0. The number of hydrogen-bond donors (Lipinski definition) is 1. The lowest BCUT2D eigenvalue weighted by Crippen LogP contribution is -2.34. The van der Waals surface area contributed by atoms with Gasteiger partial charge >= 0.3 is 0 Å². The van der Waals surface area contributed by atoms with Crippen molar-refractivity contribution in [3.05, 3.63) is 0 Å². The highest BCUT2D eigenvalue weighted by atomic mass is 32.2. The molecular weight excluding hydrogens is 192 g/mol. The lowest BCUT2D eigenvalue weighted by atomic mass is 10.7. The molecule has 0 radical (unpaired) electrons. The zero-order chi connectivity index (χ0) is 10.3. The molecule has 0 aromatic rings. The van der Waals surface area contributed by atoms with Gasteiger partial charge in [0.15, 0.2) is 0 Å². The second-order valence-electron chi connectivity index (χ2n) is 2.62. The lowest BCUT2D eigenvalue weighted by molar-refractivity contribution is 0.162. The van der Waals surface area contributed by atoms with Crippen LogP contribution in [0, 0.1) is 0 Å². The van der Waals surface area contributed by atoms with Crippen LogP contribution in [-0.2, 0) is 14.8 Å². The van der Waals surface area contributed by atoms with E-state index in [4.69, 9.17) is 10.5 Å². The summed E-state index contributed by atoms with van der Waals surface area (Å²) in [6.07, 6.45) is 0. The molecule has 0 unspecified atom stereocenters. The van der Waals surface area contributed by atoms with Crippen LogP contribution in [0.4, 0.5) is 0 Å². The van der Waals surface area contributed by atoms with Gasteiger partial charge in [0.25, 0.3) is 0 Å². The maximum Gasteiger partial charge on any atom is 0.216 e. The molecule has 0 bridgehead atoms. The first kappa shape index (κ1) is 12.8. The Balaban J connectivity index is 3.92. The van der Waals surface area contributed by atoms with Gasteiger partial charge < -0.3 is 10.5 Å². The molecule has 0 aromatic heterocycles. The summed E-state index contributed by atoms with van der Waals surface area (Å²) in [7, 11) is -1.64. The highest BCUT2D eigenvalue weighted by Gasteiger charge is 2.15. The first-order valence-electron chi connectivity index (χ1n) is 4.26. The van der Waals surface area contributed by atoms with Crippen molar-refractivity contribution in [2.24, 2.45) is 5.73 Å². The van der Waals surface area contributed by atoms with Crippen LogP contribution in [0.1, 0.15) is 6.92 Å². The quantitative estimate of drug-likeness (QED) is 0.561. The molecule has 0 aliphatic rings. The molecule has 0 atom stereocenters. The summed E-state index contributed by atoms with van der Waals surface area (Å²) in [6.45, 7) is 3.30. The van der Waals surface area contributed by atoms with Crippen molar-refractivity contribution >= 4 is 10.0 Å². The molecule has 0 aliphatic heterocycles. The Hall–Kier alpha value is -0.170. The molecule has 0 saturated heterocycles. The van der Waals surface area contributed by atoms with Crippen LogP contribution in [0.15, 0.2) is 0 Å². The minimum Gasteiger partial charge on any atom is -0.381 e. The minimum atomic E-state index is -3.17. The second kappa shape index (κ2) is 6.31. The van der Waals surface area contributed by atoms with E-state index in [1.807, 2.05) is 6.92 Å². The number of hydrogen-bond acceptors (Lipinski definition) is 4. The van der Waals surface area contributed by atoms with E-state index in [-0.39, 0.29) is 12.4 Å². The van der Waals surface area contributed by atoms with Crippen LogP contribution < -0.4 is 5.73 Å². The largest absolute Gasteiger partial charge is 0.381 e. The number of sulfonamides is 1. The highest BCUT2D eigenvalue weighted by Crippen LogP contribution is 1.96. The van der Waals surface area contributed by atoms with Gasteiger partial charge in [-0.3, -0.25) is 0 Å². The molecule has 13 heavy (non-hydrogen) atoms. The number of likely N-dealkylation sites (N-methyl/N-ethyl adjacent to an activating group) is 1. The van der Waals surface area contributed by atoms with E-state index in [1.165, 1.54) is 11.4 Å². The van der Waals surface area contributed by atoms with Crippen LogP contribution in [-0.4, -0.2) is 51.8 Å². The van der Waals surface area contributed by atoms with Gasteiger partial charge in [-0.05, 0) is 6.92 Å². The summed E-state index contributed by atoms with van der Waals surface area (Å²) in [5, 5.41) is 0. The third kappa shape index (κ3) is 5.20. The number of rotatable bonds is 7. The van der Waals surface area contributed by atoms with Gasteiger partial charge in [-0.2, -0.15) is 0 Å². The van der Waals surface area contributed by atoms with Crippen LogP contribution >= 0.6 is 0 Å².